The molecular weight excluding hydrogens is 362 g/mol. The lowest BCUT2D eigenvalue weighted by molar-refractivity contribution is -0.146. The monoisotopic (exact) mass is 399 g/mol. The van der Waals surface area contributed by atoms with Crippen molar-refractivity contribution in [1.29, 1.82) is 0 Å². The molecule has 2 atom stereocenters. The summed E-state index contributed by atoms with van der Waals surface area (Å²) < 4.78 is 18.4. The van der Waals surface area contributed by atoms with Crippen molar-refractivity contribution < 1.29 is 14.2 Å². The minimum absolute atomic E-state index is 0.0978. The highest BCUT2D eigenvalue weighted by molar-refractivity contribution is 5.66. The van der Waals surface area contributed by atoms with Crippen LogP contribution < -0.4 is 4.74 Å². The van der Waals surface area contributed by atoms with Gasteiger partial charge in [-0.2, -0.15) is 0 Å². The Morgan fingerprint density at radius 3 is 2.55 bits per heavy atom. The van der Waals surface area contributed by atoms with Gasteiger partial charge in [-0.15, -0.1) is 0 Å². The Morgan fingerprint density at radius 1 is 1.14 bits per heavy atom. The fourth-order valence-electron chi connectivity index (χ4n) is 6.14. The summed E-state index contributed by atoms with van der Waals surface area (Å²) in [6, 6.07) is 8.39. The van der Waals surface area contributed by atoms with Crippen LogP contribution >= 0.6 is 0 Å². The van der Waals surface area contributed by atoms with Crippen LogP contribution in [-0.4, -0.2) is 51.0 Å². The standard InChI is InChI=1S/C25H37NO3/c1-5-26(3)10-11-29-25-15-18-12-20(16-25)23(21(13-18)17-25)24(27-4)19-8-7-9-22(14-19)28-6-2/h7-9,14,18,20-21H,5-6,10-13,15-17H2,1-4H3. The van der Waals surface area contributed by atoms with Crippen LogP contribution in [0.15, 0.2) is 29.8 Å². The second-order valence-corrected chi connectivity index (χ2v) is 9.22. The summed E-state index contributed by atoms with van der Waals surface area (Å²) in [5.41, 5.74) is 2.79. The van der Waals surface area contributed by atoms with Crippen LogP contribution in [0.25, 0.3) is 5.76 Å². The molecule has 4 aliphatic carbocycles. The van der Waals surface area contributed by atoms with Crippen LogP contribution in [0.3, 0.4) is 0 Å². The predicted octanol–water partition coefficient (Wildman–Crippen LogP) is 4.99. The van der Waals surface area contributed by atoms with E-state index in [1.807, 2.05) is 20.1 Å². The van der Waals surface area contributed by atoms with E-state index in [9.17, 15) is 0 Å². The van der Waals surface area contributed by atoms with Crippen LogP contribution in [0.1, 0.15) is 51.5 Å². The molecule has 4 fully saturated rings. The van der Waals surface area contributed by atoms with Gasteiger partial charge < -0.3 is 19.1 Å². The Kier molecular flexibility index (Phi) is 6.21. The number of hydrogen-bond donors (Lipinski definition) is 0. The summed E-state index contributed by atoms with van der Waals surface area (Å²) in [4.78, 5) is 2.33. The minimum Gasteiger partial charge on any atom is -0.496 e. The second kappa shape index (κ2) is 8.69. The molecule has 1 aromatic rings. The van der Waals surface area contributed by atoms with E-state index < -0.39 is 0 Å². The third-order valence-electron chi connectivity index (χ3n) is 7.31. The maximum Gasteiger partial charge on any atom is 0.125 e. The van der Waals surface area contributed by atoms with Gasteiger partial charge in [0.05, 0.1) is 25.9 Å². The highest BCUT2D eigenvalue weighted by Crippen LogP contribution is 2.60. The molecule has 4 aliphatic rings. The molecule has 29 heavy (non-hydrogen) atoms. The molecule has 1 aromatic carbocycles. The van der Waals surface area contributed by atoms with Crippen LogP contribution in [0.4, 0.5) is 0 Å². The molecule has 0 amide bonds. The van der Waals surface area contributed by atoms with Crippen molar-refractivity contribution in [3.8, 4) is 5.75 Å². The molecule has 0 radical (unpaired) electrons. The van der Waals surface area contributed by atoms with Gasteiger partial charge in [-0.1, -0.05) is 19.1 Å². The van der Waals surface area contributed by atoms with E-state index in [0.29, 0.717) is 18.4 Å². The number of methoxy groups -OCH3 is 1. The van der Waals surface area contributed by atoms with E-state index in [1.54, 1.807) is 5.57 Å². The number of hydrogen-bond acceptors (Lipinski definition) is 4. The van der Waals surface area contributed by atoms with Crippen LogP contribution in [0.2, 0.25) is 0 Å². The zero-order valence-corrected chi connectivity index (χ0v) is 18.6. The predicted molar refractivity (Wildman–Crippen MR) is 117 cm³/mol. The van der Waals surface area contributed by atoms with Gasteiger partial charge in [0.15, 0.2) is 0 Å². The SMILES string of the molecule is CCOc1cccc(C(OC)=C2C3CC4CC2CC(OCCN(C)CC)(C4)C3)c1. The molecule has 4 heteroatoms. The van der Waals surface area contributed by atoms with Gasteiger partial charge in [0, 0.05) is 12.1 Å². The van der Waals surface area contributed by atoms with E-state index in [-0.39, 0.29) is 5.60 Å². The number of allylic oxidation sites excluding steroid dienone is 1. The molecule has 4 nitrogen and oxygen atoms in total. The maximum atomic E-state index is 6.61. The van der Waals surface area contributed by atoms with Gasteiger partial charge in [-0.05, 0) is 88.1 Å². The topological polar surface area (TPSA) is 30.9 Å². The zero-order valence-electron chi connectivity index (χ0n) is 18.6. The molecule has 0 aliphatic heterocycles. The highest BCUT2D eigenvalue weighted by Gasteiger charge is 2.55. The number of likely N-dealkylation sites (N-methyl/N-ethyl adjacent to an activating group) is 1. The second-order valence-electron chi connectivity index (χ2n) is 9.22. The summed E-state index contributed by atoms with van der Waals surface area (Å²) in [5.74, 6) is 4.00. The van der Waals surface area contributed by atoms with Crippen molar-refractivity contribution in [3.63, 3.8) is 0 Å². The quantitative estimate of drug-likeness (QED) is 0.548. The van der Waals surface area contributed by atoms with E-state index in [4.69, 9.17) is 14.2 Å². The molecule has 0 N–H and O–H groups in total. The van der Waals surface area contributed by atoms with Crippen molar-refractivity contribution >= 4 is 5.76 Å². The first kappa shape index (κ1) is 20.7. The fourth-order valence-corrected chi connectivity index (χ4v) is 6.14. The third kappa shape index (κ3) is 4.20. The van der Waals surface area contributed by atoms with Crippen LogP contribution in [-0.2, 0) is 9.47 Å². The molecule has 0 aromatic heterocycles. The molecule has 4 saturated carbocycles. The summed E-state index contributed by atoms with van der Waals surface area (Å²) in [6.07, 6.45) is 6.16. The lowest BCUT2D eigenvalue weighted by Crippen LogP contribution is -2.53. The van der Waals surface area contributed by atoms with Crippen molar-refractivity contribution in [3.05, 3.63) is 35.4 Å². The summed E-state index contributed by atoms with van der Waals surface area (Å²) in [6.45, 7) is 7.86. The average molecular weight is 400 g/mol. The smallest absolute Gasteiger partial charge is 0.125 e. The molecule has 2 unspecified atom stereocenters. The number of benzene rings is 1. The Hall–Kier alpha value is -1.52. The fraction of sp³-hybridized carbons (Fsp3) is 0.680. The summed E-state index contributed by atoms with van der Waals surface area (Å²) in [5, 5.41) is 0. The van der Waals surface area contributed by atoms with Crippen LogP contribution in [0, 0.1) is 17.8 Å². The van der Waals surface area contributed by atoms with Crippen molar-refractivity contribution in [2.75, 3.05) is 40.5 Å². The van der Waals surface area contributed by atoms with Gasteiger partial charge in [-0.25, -0.2) is 0 Å². The Balaban J connectivity index is 1.57. The van der Waals surface area contributed by atoms with E-state index in [2.05, 4.69) is 37.1 Å². The Labute approximate surface area is 176 Å². The van der Waals surface area contributed by atoms with Gasteiger partial charge in [0.2, 0.25) is 0 Å². The Morgan fingerprint density at radius 2 is 1.90 bits per heavy atom. The van der Waals surface area contributed by atoms with Gasteiger partial charge >= 0.3 is 0 Å². The first-order valence-electron chi connectivity index (χ1n) is 11.4. The first-order chi connectivity index (χ1) is 14.1. The lowest BCUT2D eigenvalue weighted by atomic mass is 9.52. The molecule has 0 heterocycles. The zero-order chi connectivity index (χ0) is 20.4. The molecular formula is C25H37NO3. The largest absolute Gasteiger partial charge is 0.496 e. The molecule has 5 rings (SSSR count). The van der Waals surface area contributed by atoms with E-state index >= 15 is 0 Å². The summed E-state index contributed by atoms with van der Waals surface area (Å²) in [7, 11) is 4.00. The van der Waals surface area contributed by atoms with Crippen molar-refractivity contribution in [1.82, 2.24) is 4.90 Å². The molecule has 160 valence electrons. The number of rotatable bonds is 9. The van der Waals surface area contributed by atoms with Crippen molar-refractivity contribution in [2.45, 2.75) is 51.6 Å². The van der Waals surface area contributed by atoms with Crippen LogP contribution in [0.5, 0.6) is 5.75 Å². The minimum atomic E-state index is 0.0978. The molecule has 4 bridgehead atoms. The van der Waals surface area contributed by atoms with E-state index in [0.717, 1.165) is 55.5 Å². The maximum absolute atomic E-state index is 6.61. The highest BCUT2D eigenvalue weighted by atomic mass is 16.5. The average Bonchev–Trinajstić information content (AvgIpc) is 2.70. The first-order valence-corrected chi connectivity index (χ1v) is 11.4. The molecule has 0 saturated heterocycles. The van der Waals surface area contributed by atoms with E-state index in [1.165, 1.54) is 19.3 Å². The Bertz CT molecular complexity index is 725. The van der Waals surface area contributed by atoms with Gasteiger partial charge in [-0.3, -0.25) is 0 Å². The molecule has 0 spiro atoms. The van der Waals surface area contributed by atoms with Gasteiger partial charge in [0.1, 0.15) is 11.5 Å². The summed E-state index contributed by atoms with van der Waals surface area (Å²) >= 11 is 0. The third-order valence-corrected chi connectivity index (χ3v) is 7.31. The normalized spacial score (nSPS) is 30.1. The number of ether oxygens (including phenoxy) is 3. The van der Waals surface area contributed by atoms with Crippen molar-refractivity contribution in [2.24, 2.45) is 17.8 Å². The van der Waals surface area contributed by atoms with Gasteiger partial charge in [0.25, 0.3) is 0 Å². The number of nitrogens with zero attached hydrogens (tertiary/aromatic N) is 1. The lowest BCUT2D eigenvalue weighted by Gasteiger charge is -2.57.